The molecule has 0 saturated carbocycles. The zero-order valence-corrected chi connectivity index (χ0v) is 8.44. The molecule has 3 N–H and O–H groups in total. The Morgan fingerprint density at radius 2 is 2.36 bits per heavy atom. The molecule has 0 aliphatic heterocycles. The predicted molar refractivity (Wildman–Crippen MR) is 51.5 cm³/mol. The van der Waals surface area contributed by atoms with Gasteiger partial charge in [0.05, 0.1) is 12.6 Å². The second kappa shape index (κ2) is 5.72. The second-order valence-electron chi connectivity index (χ2n) is 3.27. The van der Waals surface area contributed by atoms with Gasteiger partial charge in [0.25, 0.3) is 0 Å². The van der Waals surface area contributed by atoms with Crippen molar-refractivity contribution in [1.82, 2.24) is 10.1 Å². The Bertz CT molecular complexity index is 262. The molecule has 5 nitrogen and oxygen atoms in total. The number of rotatable bonds is 6. The lowest BCUT2D eigenvalue weighted by Crippen LogP contribution is -2.10. The summed E-state index contributed by atoms with van der Waals surface area (Å²) in [5.41, 5.74) is 5.83. The van der Waals surface area contributed by atoms with Gasteiger partial charge in [-0.1, -0.05) is 24.9 Å². The minimum atomic E-state index is -0.171. The molecular formula is C9H17N3O2. The van der Waals surface area contributed by atoms with Gasteiger partial charge in [0.2, 0.25) is 5.89 Å². The first-order chi connectivity index (χ1) is 6.77. The maximum atomic E-state index is 8.66. The van der Waals surface area contributed by atoms with Crippen molar-refractivity contribution >= 4 is 0 Å². The van der Waals surface area contributed by atoms with Crippen molar-refractivity contribution in [1.29, 1.82) is 0 Å². The van der Waals surface area contributed by atoms with E-state index >= 15 is 0 Å². The standard InChI is InChI=1S/C9H17N3O2/c1-2-3-4-7(10)9-11-8(5-6-13)12-14-9/h7,13H,2-6,10H2,1H3. The van der Waals surface area contributed by atoms with E-state index in [1.165, 1.54) is 0 Å². The lowest BCUT2D eigenvalue weighted by Gasteiger charge is -2.03. The minimum Gasteiger partial charge on any atom is -0.396 e. The first kappa shape index (κ1) is 11.1. The summed E-state index contributed by atoms with van der Waals surface area (Å²) < 4.78 is 4.98. The van der Waals surface area contributed by atoms with E-state index < -0.39 is 0 Å². The normalized spacial score (nSPS) is 13.1. The van der Waals surface area contributed by atoms with Crippen LogP contribution in [0, 0.1) is 0 Å². The molecule has 5 heteroatoms. The van der Waals surface area contributed by atoms with Crippen molar-refractivity contribution in [3.05, 3.63) is 11.7 Å². The third kappa shape index (κ3) is 3.08. The van der Waals surface area contributed by atoms with E-state index in [0.717, 1.165) is 19.3 Å². The summed E-state index contributed by atoms with van der Waals surface area (Å²) in [4.78, 5) is 4.09. The fraction of sp³-hybridized carbons (Fsp3) is 0.778. The zero-order chi connectivity index (χ0) is 10.4. The number of aromatic nitrogens is 2. The molecule has 1 rings (SSSR count). The number of unbranched alkanes of at least 4 members (excludes halogenated alkanes) is 1. The van der Waals surface area contributed by atoms with Crippen LogP contribution in [0.25, 0.3) is 0 Å². The van der Waals surface area contributed by atoms with Gasteiger partial charge >= 0.3 is 0 Å². The zero-order valence-electron chi connectivity index (χ0n) is 8.44. The first-order valence-corrected chi connectivity index (χ1v) is 4.96. The molecule has 1 aromatic rings. The third-order valence-electron chi connectivity index (χ3n) is 2.01. The van der Waals surface area contributed by atoms with Crippen LogP contribution in [-0.4, -0.2) is 21.9 Å². The van der Waals surface area contributed by atoms with E-state index in [0.29, 0.717) is 18.1 Å². The Balaban J connectivity index is 2.48. The summed E-state index contributed by atoms with van der Waals surface area (Å²) in [5, 5.41) is 12.4. The van der Waals surface area contributed by atoms with Gasteiger partial charge in [0, 0.05) is 6.42 Å². The highest BCUT2D eigenvalue weighted by Gasteiger charge is 2.13. The molecule has 0 bridgehead atoms. The fourth-order valence-corrected chi connectivity index (χ4v) is 1.17. The molecule has 1 unspecified atom stereocenters. The summed E-state index contributed by atoms with van der Waals surface area (Å²) in [5.74, 6) is 0.997. The highest BCUT2D eigenvalue weighted by atomic mass is 16.5. The van der Waals surface area contributed by atoms with Gasteiger partial charge in [0.1, 0.15) is 0 Å². The van der Waals surface area contributed by atoms with Crippen LogP contribution in [0.4, 0.5) is 0 Å². The molecule has 0 saturated heterocycles. The van der Waals surface area contributed by atoms with Gasteiger partial charge < -0.3 is 15.4 Å². The van der Waals surface area contributed by atoms with Gasteiger partial charge in [-0.05, 0) is 6.42 Å². The molecule has 0 spiro atoms. The monoisotopic (exact) mass is 199 g/mol. The molecule has 14 heavy (non-hydrogen) atoms. The van der Waals surface area contributed by atoms with Crippen LogP contribution in [0.2, 0.25) is 0 Å². The molecule has 80 valence electrons. The molecule has 0 aromatic carbocycles. The number of nitrogens with zero attached hydrogens (tertiary/aromatic N) is 2. The van der Waals surface area contributed by atoms with Crippen molar-refractivity contribution in [3.8, 4) is 0 Å². The van der Waals surface area contributed by atoms with Crippen molar-refractivity contribution in [2.45, 2.75) is 38.6 Å². The van der Waals surface area contributed by atoms with Gasteiger partial charge in [-0.2, -0.15) is 4.98 Å². The van der Waals surface area contributed by atoms with Crippen LogP contribution < -0.4 is 5.73 Å². The van der Waals surface area contributed by atoms with Gasteiger partial charge in [0.15, 0.2) is 5.82 Å². The molecule has 0 aliphatic rings. The van der Waals surface area contributed by atoms with Gasteiger partial charge in [-0.15, -0.1) is 0 Å². The highest BCUT2D eigenvalue weighted by molar-refractivity contribution is 4.91. The van der Waals surface area contributed by atoms with Crippen LogP contribution >= 0.6 is 0 Å². The maximum Gasteiger partial charge on any atom is 0.243 e. The van der Waals surface area contributed by atoms with Crippen LogP contribution in [0.3, 0.4) is 0 Å². The summed E-state index contributed by atoms with van der Waals surface area (Å²) in [6.07, 6.45) is 3.44. The molecular weight excluding hydrogens is 182 g/mol. The molecule has 1 heterocycles. The van der Waals surface area contributed by atoms with E-state index in [9.17, 15) is 0 Å². The number of aliphatic hydroxyl groups excluding tert-OH is 1. The van der Waals surface area contributed by atoms with E-state index in [2.05, 4.69) is 17.1 Å². The predicted octanol–water partition coefficient (Wildman–Crippen LogP) is 0.794. The van der Waals surface area contributed by atoms with Crippen molar-refractivity contribution in [2.24, 2.45) is 5.73 Å². The lowest BCUT2D eigenvalue weighted by molar-refractivity contribution is 0.292. The SMILES string of the molecule is CCCCC(N)c1nc(CCO)no1. The number of aliphatic hydroxyl groups is 1. The Labute approximate surface area is 83.3 Å². The molecule has 1 aromatic heterocycles. The molecule has 0 radical (unpaired) electrons. The summed E-state index contributed by atoms with van der Waals surface area (Å²) in [6, 6.07) is -0.171. The summed E-state index contributed by atoms with van der Waals surface area (Å²) in [7, 11) is 0. The summed E-state index contributed by atoms with van der Waals surface area (Å²) >= 11 is 0. The Morgan fingerprint density at radius 1 is 1.57 bits per heavy atom. The van der Waals surface area contributed by atoms with Gasteiger partial charge in [-0.3, -0.25) is 0 Å². The lowest BCUT2D eigenvalue weighted by atomic mass is 10.1. The Morgan fingerprint density at radius 3 is 3.00 bits per heavy atom. The smallest absolute Gasteiger partial charge is 0.243 e. The first-order valence-electron chi connectivity index (χ1n) is 4.96. The van der Waals surface area contributed by atoms with Gasteiger partial charge in [-0.25, -0.2) is 0 Å². The molecule has 0 fully saturated rings. The maximum absolute atomic E-state index is 8.66. The largest absolute Gasteiger partial charge is 0.396 e. The van der Waals surface area contributed by atoms with Crippen molar-refractivity contribution in [3.63, 3.8) is 0 Å². The second-order valence-corrected chi connectivity index (χ2v) is 3.27. The molecule has 0 aliphatic carbocycles. The molecule has 0 amide bonds. The van der Waals surface area contributed by atoms with E-state index in [4.69, 9.17) is 15.4 Å². The van der Waals surface area contributed by atoms with Crippen molar-refractivity contribution in [2.75, 3.05) is 6.61 Å². The number of hydrogen-bond donors (Lipinski definition) is 2. The highest BCUT2D eigenvalue weighted by Crippen LogP contribution is 2.14. The van der Waals surface area contributed by atoms with E-state index in [1.54, 1.807) is 0 Å². The van der Waals surface area contributed by atoms with E-state index in [-0.39, 0.29) is 12.6 Å². The Kier molecular flexibility index (Phi) is 4.55. The quantitative estimate of drug-likeness (QED) is 0.707. The van der Waals surface area contributed by atoms with Crippen LogP contribution in [0.1, 0.15) is 43.9 Å². The van der Waals surface area contributed by atoms with Crippen LogP contribution in [0.15, 0.2) is 4.52 Å². The number of hydrogen-bond acceptors (Lipinski definition) is 5. The van der Waals surface area contributed by atoms with E-state index in [1.807, 2.05) is 0 Å². The average Bonchev–Trinajstić information content (AvgIpc) is 2.63. The van der Waals surface area contributed by atoms with Crippen LogP contribution in [0.5, 0.6) is 0 Å². The van der Waals surface area contributed by atoms with Crippen molar-refractivity contribution < 1.29 is 9.63 Å². The fourth-order valence-electron chi connectivity index (χ4n) is 1.17. The minimum absolute atomic E-state index is 0.0309. The summed E-state index contributed by atoms with van der Waals surface area (Å²) in [6.45, 7) is 2.14. The topological polar surface area (TPSA) is 85.2 Å². The van der Waals surface area contributed by atoms with Crippen LogP contribution in [-0.2, 0) is 6.42 Å². The molecule has 1 atom stereocenters. The average molecular weight is 199 g/mol. The number of nitrogens with two attached hydrogens (primary N) is 1. The Hall–Kier alpha value is -0.940. The third-order valence-corrected chi connectivity index (χ3v) is 2.01.